The van der Waals surface area contributed by atoms with E-state index >= 15 is 0 Å². The second-order valence-electron chi connectivity index (χ2n) is 6.22. The molecule has 1 fully saturated rings. The predicted molar refractivity (Wildman–Crippen MR) is 85.0 cm³/mol. The first-order valence-electron chi connectivity index (χ1n) is 8.05. The number of hydrogen-bond donors (Lipinski definition) is 2. The van der Waals surface area contributed by atoms with Crippen LogP contribution in [0.2, 0.25) is 0 Å². The van der Waals surface area contributed by atoms with Gasteiger partial charge in [-0.1, -0.05) is 19.1 Å². The van der Waals surface area contributed by atoms with Crippen LogP contribution >= 0.6 is 0 Å². The molecule has 1 heterocycles. The standard InChI is InChI=1S/C18H21F2NO3/c1-11-8-15(11)17-7-6-14(23-17)9-21-10-16(22)12-2-4-13(5-3-12)24-18(19)20/h2-7,11,15-16,18,21-22H,8-10H2,1H3. The number of nitrogens with one attached hydrogen (secondary N) is 1. The second-order valence-corrected chi connectivity index (χ2v) is 6.22. The highest BCUT2D eigenvalue weighted by Gasteiger charge is 2.36. The summed E-state index contributed by atoms with van der Waals surface area (Å²) in [6.45, 7) is 0.230. The van der Waals surface area contributed by atoms with Gasteiger partial charge < -0.3 is 19.6 Å². The molecular formula is C18H21F2NO3. The monoisotopic (exact) mass is 337 g/mol. The third-order valence-corrected chi connectivity index (χ3v) is 4.28. The normalized spacial score (nSPS) is 21.0. The second kappa shape index (κ2) is 7.32. The molecule has 2 aromatic rings. The lowest BCUT2D eigenvalue weighted by molar-refractivity contribution is -0.0498. The van der Waals surface area contributed by atoms with Crippen LogP contribution in [-0.4, -0.2) is 18.3 Å². The minimum Gasteiger partial charge on any atom is -0.464 e. The zero-order valence-electron chi connectivity index (χ0n) is 13.4. The van der Waals surface area contributed by atoms with Crippen molar-refractivity contribution in [1.29, 1.82) is 0 Å². The average molecular weight is 337 g/mol. The average Bonchev–Trinajstić information content (AvgIpc) is 3.08. The van der Waals surface area contributed by atoms with E-state index in [1.165, 1.54) is 18.6 Å². The van der Waals surface area contributed by atoms with Crippen LogP contribution in [0.3, 0.4) is 0 Å². The van der Waals surface area contributed by atoms with Gasteiger partial charge in [-0.2, -0.15) is 8.78 Å². The molecule has 0 radical (unpaired) electrons. The third-order valence-electron chi connectivity index (χ3n) is 4.28. The summed E-state index contributed by atoms with van der Waals surface area (Å²) in [6.07, 6.45) is 0.452. The molecule has 0 spiro atoms. The molecule has 3 unspecified atom stereocenters. The maximum absolute atomic E-state index is 12.1. The number of aliphatic hydroxyl groups is 1. The Kier molecular flexibility index (Phi) is 5.16. The minimum atomic E-state index is -2.85. The molecular weight excluding hydrogens is 316 g/mol. The predicted octanol–water partition coefficient (Wildman–Crippen LogP) is 3.83. The van der Waals surface area contributed by atoms with Crippen LogP contribution in [0.15, 0.2) is 40.8 Å². The quantitative estimate of drug-likeness (QED) is 0.769. The van der Waals surface area contributed by atoms with E-state index in [0.717, 1.165) is 11.5 Å². The zero-order chi connectivity index (χ0) is 17.1. The fourth-order valence-corrected chi connectivity index (χ4v) is 2.73. The number of furan rings is 1. The number of benzene rings is 1. The van der Waals surface area contributed by atoms with Gasteiger partial charge in [-0.25, -0.2) is 0 Å². The van der Waals surface area contributed by atoms with E-state index in [1.54, 1.807) is 12.1 Å². The van der Waals surface area contributed by atoms with E-state index < -0.39 is 12.7 Å². The molecule has 1 aromatic carbocycles. The Morgan fingerprint density at radius 3 is 2.58 bits per heavy atom. The van der Waals surface area contributed by atoms with Gasteiger partial charge in [-0.15, -0.1) is 0 Å². The fraction of sp³-hybridized carbons (Fsp3) is 0.444. The summed E-state index contributed by atoms with van der Waals surface area (Å²) in [7, 11) is 0. The maximum atomic E-state index is 12.1. The Labute approximate surface area is 139 Å². The van der Waals surface area contributed by atoms with E-state index in [9.17, 15) is 13.9 Å². The van der Waals surface area contributed by atoms with Gasteiger partial charge in [0.05, 0.1) is 12.6 Å². The van der Waals surface area contributed by atoms with Gasteiger partial charge in [-0.3, -0.25) is 0 Å². The number of aliphatic hydroxyl groups excluding tert-OH is 1. The molecule has 3 atom stereocenters. The SMILES string of the molecule is CC1CC1c1ccc(CNCC(O)c2ccc(OC(F)F)cc2)o1. The lowest BCUT2D eigenvalue weighted by atomic mass is 10.1. The summed E-state index contributed by atoms with van der Waals surface area (Å²) in [4.78, 5) is 0. The van der Waals surface area contributed by atoms with Crippen LogP contribution in [0, 0.1) is 5.92 Å². The molecule has 0 amide bonds. The summed E-state index contributed by atoms with van der Waals surface area (Å²) in [5.74, 6) is 3.21. The van der Waals surface area contributed by atoms with Gasteiger partial charge in [0, 0.05) is 12.5 Å². The summed E-state index contributed by atoms with van der Waals surface area (Å²) < 4.78 is 34.3. The van der Waals surface area contributed by atoms with Crippen molar-refractivity contribution in [2.24, 2.45) is 5.92 Å². The fourth-order valence-electron chi connectivity index (χ4n) is 2.73. The Morgan fingerprint density at radius 2 is 1.96 bits per heavy atom. The summed E-state index contributed by atoms with van der Waals surface area (Å²) >= 11 is 0. The van der Waals surface area contributed by atoms with Crippen LogP contribution in [0.4, 0.5) is 8.78 Å². The summed E-state index contributed by atoms with van der Waals surface area (Å²) in [5.41, 5.74) is 0.635. The maximum Gasteiger partial charge on any atom is 0.387 e. The lowest BCUT2D eigenvalue weighted by Gasteiger charge is -2.12. The Hall–Kier alpha value is -1.92. The zero-order valence-corrected chi connectivity index (χ0v) is 13.4. The van der Waals surface area contributed by atoms with E-state index in [1.807, 2.05) is 12.1 Å². The highest BCUT2D eigenvalue weighted by Crippen LogP contribution is 2.47. The molecule has 0 bridgehead atoms. The Bertz CT molecular complexity index is 657. The molecule has 4 nitrogen and oxygen atoms in total. The number of rotatable bonds is 8. The van der Waals surface area contributed by atoms with Gasteiger partial charge in [0.2, 0.25) is 0 Å². The van der Waals surface area contributed by atoms with Gasteiger partial charge in [0.15, 0.2) is 0 Å². The number of ether oxygens (including phenoxy) is 1. The number of halogens is 2. The van der Waals surface area contributed by atoms with E-state index in [2.05, 4.69) is 17.0 Å². The van der Waals surface area contributed by atoms with Crippen molar-refractivity contribution in [3.8, 4) is 5.75 Å². The van der Waals surface area contributed by atoms with E-state index in [4.69, 9.17) is 4.42 Å². The smallest absolute Gasteiger partial charge is 0.387 e. The molecule has 0 aliphatic heterocycles. The van der Waals surface area contributed by atoms with Crippen molar-refractivity contribution in [2.75, 3.05) is 6.54 Å². The van der Waals surface area contributed by atoms with E-state index in [-0.39, 0.29) is 5.75 Å². The number of alkyl halides is 2. The highest BCUT2D eigenvalue weighted by molar-refractivity contribution is 5.28. The molecule has 1 aromatic heterocycles. The van der Waals surface area contributed by atoms with Crippen molar-refractivity contribution in [1.82, 2.24) is 5.32 Å². The first-order chi connectivity index (χ1) is 11.5. The third kappa shape index (κ3) is 4.33. The number of hydrogen-bond acceptors (Lipinski definition) is 4. The van der Waals surface area contributed by atoms with Gasteiger partial charge in [0.1, 0.15) is 17.3 Å². The van der Waals surface area contributed by atoms with Crippen molar-refractivity contribution >= 4 is 0 Å². The molecule has 24 heavy (non-hydrogen) atoms. The van der Waals surface area contributed by atoms with Crippen LogP contribution in [0.1, 0.15) is 42.5 Å². The molecule has 130 valence electrons. The van der Waals surface area contributed by atoms with E-state index in [0.29, 0.717) is 30.5 Å². The van der Waals surface area contributed by atoms with Crippen LogP contribution in [0.5, 0.6) is 5.75 Å². The molecule has 1 aliphatic rings. The summed E-state index contributed by atoms with van der Waals surface area (Å²) in [6, 6.07) is 9.95. The Balaban J connectivity index is 1.45. The first kappa shape index (κ1) is 16.9. The lowest BCUT2D eigenvalue weighted by Crippen LogP contribution is -2.20. The molecule has 0 saturated heterocycles. The Morgan fingerprint density at radius 1 is 1.25 bits per heavy atom. The van der Waals surface area contributed by atoms with Crippen LogP contribution < -0.4 is 10.1 Å². The van der Waals surface area contributed by atoms with Crippen LogP contribution in [0.25, 0.3) is 0 Å². The largest absolute Gasteiger partial charge is 0.464 e. The highest BCUT2D eigenvalue weighted by atomic mass is 19.3. The van der Waals surface area contributed by atoms with Crippen molar-refractivity contribution in [3.05, 3.63) is 53.5 Å². The van der Waals surface area contributed by atoms with Crippen LogP contribution in [-0.2, 0) is 6.54 Å². The van der Waals surface area contributed by atoms with Crippen molar-refractivity contribution < 1.29 is 23.0 Å². The molecule has 1 saturated carbocycles. The molecule has 1 aliphatic carbocycles. The first-order valence-corrected chi connectivity index (χ1v) is 8.05. The topological polar surface area (TPSA) is 54.6 Å². The van der Waals surface area contributed by atoms with Crippen molar-refractivity contribution in [2.45, 2.75) is 38.5 Å². The van der Waals surface area contributed by atoms with Gasteiger partial charge in [-0.05, 0) is 42.2 Å². The van der Waals surface area contributed by atoms with Gasteiger partial charge >= 0.3 is 6.61 Å². The van der Waals surface area contributed by atoms with Gasteiger partial charge in [0.25, 0.3) is 0 Å². The minimum absolute atomic E-state index is 0.0753. The molecule has 3 rings (SSSR count). The molecule has 6 heteroatoms. The van der Waals surface area contributed by atoms with Crippen molar-refractivity contribution in [3.63, 3.8) is 0 Å². The molecule has 2 N–H and O–H groups in total. The summed E-state index contributed by atoms with van der Waals surface area (Å²) in [5, 5.41) is 13.3.